The fourth-order valence-electron chi connectivity index (χ4n) is 1.90. The molecule has 1 aromatic rings. The van der Waals surface area contributed by atoms with Crippen molar-refractivity contribution < 1.29 is 13.5 Å². The van der Waals surface area contributed by atoms with Crippen LogP contribution in [0.3, 0.4) is 0 Å². The van der Waals surface area contributed by atoms with Gasteiger partial charge in [0, 0.05) is 15.5 Å². The number of aliphatic hydroxyl groups is 1. The Balaban J connectivity index is 2.86. The lowest BCUT2D eigenvalue weighted by molar-refractivity contribution is 0.125. The van der Waals surface area contributed by atoms with Crippen LogP contribution in [0.25, 0.3) is 0 Å². The van der Waals surface area contributed by atoms with Gasteiger partial charge in [-0.05, 0) is 52.4 Å². The van der Waals surface area contributed by atoms with E-state index in [9.17, 15) is 13.5 Å². The van der Waals surface area contributed by atoms with Crippen molar-refractivity contribution in [3.63, 3.8) is 0 Å². The molecule has 0 aliphatic carbocycles. The van der Waals surface area contributed by atoms with E-state index in [2.05, 4.69) is 36.6 Å². The van der Waals surface area contributed by atoms with Crippen molar-refractivity contribution in [2.45, 2.75) is 45.1 Å². The zero-order valence-corrected chi connectivity index (χ0v) is 16.6. The molecule has 1 atom stereocenters. The van der Waals surface area contributed by atoms with Crippen LogP contribution in [0.5, 0.6) is 0 Å². The Bertz CT molecular complexity index is 609. The van der Waals surface area contributed by atoms with Gasteiger partial charge in [0.15, 0.2) is 0 Å². The third-order valence-electron chi connectivity index (χ3n) is 2.86. The van der Waals surface area contributed by atoms with Crippen LogP contribution >= 0.6 is 31.9 Å². The van der Waals surface area contributed by atoms with Crippen molar-refractivity contribution in [1.82, 2.24) is 4.72 Å². The third kappa shape index (κ3) is 5.98. The second-order valence-electron chi connectivity index (χ2n) is 6.30. The van der Waals surface area contributed by atoms with E-state index in [1.54, 1.807) is 12.1 Å². The van der Waals surface area contributed by atoms with Crippen LogP contribution < -0.4 is 4.72 Å². The summed E-state index contributed by atoms with van der Waals surface area (Å²) in [5.74, 6) is 0. The maximum atomic E-state index is 12.3. The molecule has 1 unspecified atom stereocenters. The number of rotatable bonds is 5. The second kappa shape index (κ2) is 7.08. The van der Waals surface area contributed by atoms with Gasteiger partial charge in [0.1, 0.15) is 0 Å². The molecule has 0 saturated heterocycles. The number of aliphatic hydroxyl groups excluding tert-OH is 1. The molecule has 120 valence electrons. The highest BCUT2D eigenvalue weighted by Gasteiger charge is 2.22. The molecule has 0 saturated carbocycles. The Morgan fingerprint density at radius 3 is 2.33 bits per heavy atom. The summed E-state index contributed by atoms with van der Waals surface area (Å²) < 4.78 is 28.3. The quantitative estimate of drug-likeness (QED) is 0.731. The van der Waals surface area contributed by atoms with Crippen molar-refractivity contribution in [2.75, 3.05) is 6.54 Å². The molecule has 0 aliphatic rings. The van der Waals surface area contributed by atoms with Crippen LogP contribution in [0.1, 0.15) is 32.8 Å². The molecule has 0 bridgehead atoms. The molecule has 0 heterocycles. The average molecular weight is 443 g/mol. The highest BCUT2D eigenvalue weighted by molar-refractivity contribution is 9.11. The normalized spacial score (nSPS) is 14.2. The molecule has 1 aromatic carbocycles. The lowest BCUT2D eigenvalue weighted by Crippen LogP contribution is -2.34. The summed E-state index contributed by atoms with van der Waals surface area (Å²) in [6.45, 7) is 7.87. The first-order valence-electron chi connectivity index (χ1n) is 6.56. The molecule has 2 N–H and O–H groups in total. The van der Waals surface area contributed by atoms with Crippen molar-refractivity contribution >= 4 is 41.9 Å². The summed E-state index contributed by atoms with van der Waals surface area (Å²) in [7, 11) is -3.67. The molecular weight excluding hydrogens is 422 g/mol. The van der Waals surface area contributed by atoms with Gasteiger partial charge in [-0.25, -0.2) is 13.1 Å². The summed E-state index contributed by atoms with van der Waals surface area (Å²) in [6, 6.07) is 3.29. The van der Waals surface area contributed by atoms with Crippen LogP contribution in [0.4, 0.5) is 0 Å². The van der Waals surface area contributed by atoms with Crippen molar-refractivity contribution in [1.29, 1.82) is 0 Å². The molecule has 7 heteroatoms. The van der Waals surface area contributed by atoms with Crippen LogP contribution in [-0.4, -0.2) is 26.2 Å². The van der Waals surface area contributed by atoms with Gasteiger partial charge in [0.05, 0.1) is 11.0 Å². The number of halogens is 2. The Hall–Kier alpha value is 0.0500. The summed E-state index contributed by atoms with van der Waals surface area (Å²) in [6.07, 6.45) is -0.193. The van der Waals surface area contributed by atoms with Crippen LogP contribution in [0, 0.1) is 12.3 Å². The fraction of sp³-hybridized carbons (Fsp3) is 0.571. The largest absolute Gasteiger partial charge is 0.392 e. The van der Waals surface area contributed by atoms with E-state index in [0.29, 0.717) is 10.9 Å². The summed E-state index contributed by atoms with van der Waals surface area (Å²) in [5, 5.41) is 9.92. The first-order valence-corrected chi connectivity index (χ1v) is 9.63. The van der Waals surface area contributed by atoms with E-state index in [1.165, 1.54) is 0 Å². The Labute approximate surface area is 143 Å². The van der Waals surface area contributed by atoms with Gasteiger partial charge in [-0.2, -0.15) is 0 Å². The molecule has 0 amide bonds. The zero-order valence-electron chi connectivity index (χ0n) is 12.6. The molecule has 1 rings (SSSR count). The Morgan fingerprint density at radius 1 is 1.24 bits per heavy atom. The SMILES string of the molecule is Cc1cc(Br)c(S(=O)(=O)NCC(O)CC(C)(C)C)cc1Br. The zero-order chi connectivity index (χ0) is 16.4. The standard InChI is InChI=1S/C14H21Br2NO3S/c1-9-5-12(16)13(6-11(9)15)21(19,20)17-8-10(18)7-14(2,3)4/h5-6,10,17-18H,7-8H2,1-4H3. The predicted molar refractivity (Wildman–Crippen MR) is 91.8 cm³/mol. The monoisotopic (exact) mass is 441 g/mol. The number of hydrogen-bond acceptors (Lipinski definition) is 3. The van der Waals surface area contributed by atoms with Crippen LogP contribution in [-0.2, 0) is 10.0 Å². The molecule has 0 spiro atoms. The van der Waals surface area contributed by atoms with Gasteiger partial charge < -0.3 is 5.11 Å². The summed E-state index contributed by atoms with van der Waals surface area (Å²) in [5.41, 5.74) is 0.881. The van der Waals surface area contributed by atoms with E-state index in [-0.39, 0.29) is 16.9 Å². The predicted octanol–water partition coefficient (Wildman–Crippen LogP) is 3.60. The minimum absolute atomic E-state index is 0.00244. The molecule has 0 aromatic heterocycles. The van der Waals surface area contributed by atoms with E-state index >= 15 is 0 Å². The third-order valence-corrected chi connectivity index (χ3v) is 6.10. The molecule has 0 radical (unpaired) electrons. The lowest BCUT2D eigenvalue weighted by Gasteiger charge is -2.22. The topological polar surface area (TPSA) is 66.4 Å². The highest BCUT2D eigenvalue weighted by Crippen LogP contribution is 2.29. The van der Waals surface area contributed by atoms with Gasteiger partial charge >= 0.3 is 0 Å². The molecule has 4 nitrogen and oxygen atoms in total. The van der Waals surface area contributed by atoms with E-state index in [4.69, 9.17) is 0 Å². The van der Waals surface area contributed by atoms with Gasteiger partial charge in [-0.15, -0.1) is 0 Å². The number of nitrogens with one attached hydrogen (secondary N) is 1. The second-order valence-corrected chi connectivity index (χ2v) is 9.75. The first-order chi connectivity index (χ1) is 9.42. The maximum absolute atomic E-state index is 12.3. The number of benzene rings is 1. The van der Waals surface area contributed by atoms with Gasteiger partial charge in [-0.3, -0.25) is 0 Å². The Kier molecular flexibility index (Phi) is 6.44. The molecule has 21 heavy (non-hydrogen) atoms. The van der Waals surface area contributed by atoms with Gasteiger partial charge in [0.2, 0.25) is 10.0 Å². The Morgan fingerprint density at radius 2 is 1.81 bits per heavy atom. The number of hydrogen-bond donors (Lipinski definition) is 2. The van der Waals surface area contributed by atoms with Crippen LogP contribution in [0.15, 0.2) is 26.0 Å². The minimum atomic E-state index is -3.67. The van der Waals surface area contributed by atoms with E-state index in [1.807, 2.05) is 27.7 Å². The van der Waals surface area contributed by atoms with E-state index in [0.717, 1.165) is 10.0 Å². The minimum Gasteiger partial charge on any atom is -0.392 e. The van der Waals surface area contributed by atoms with Crippen LogP contribution in [0.2, 0.25) is 0 Å². The summed E-state index contributed by atoms with van der Waals surface area (Å²) in [4.78, 5) is 0.155. The lowest BCUT2D eigenvalue weighted by atomic mass is 9.89. The molecular formula is C14H21Br2NO3S. The summed E-state index contributed by atoms with van der Waals surface area (Å²) >= 11 is 6.60. The average Bonchev–Trinajstić information content (AvgIpc) is 2.29. The van der Waals surface area contributed by atoms with Gasteiger partial charge in [0.25, 0.3) is 0 Å². The van der Waals surface area contributed by atoms with Crippen molar-refractivity contribution in [3.05, 3.63) is 26.6 Å². The van der Waals surface area contributed by atoms with Gasteiger partial charge in [-0.1, -0.05) is 36.7 Å². The number of sulfonamides is 1. The highest BCUT2D eigenvalue weighted by atomic mass is 79.9. The first kappa shape index (κ1) is 19.1. The molecule has 0 aliphatic heterocycles. The molecule has 0 fully saturated rings. The van der Waals surface area contributed by atoms with E-state index < -0.39 is 16.1 Å². The smallest absolute Gasteiger partial charge is 0.241 e. The van der Waals surface area contributed by atoms with Crippen molar-refractivity contribution in [2.24, 2.45) is 5.41 Å². The van der Waals surface area contributed by atoms with Crippen molar-refractivity contribution in [3.8, 4) is 0 Å². The maximum Gasteiger partial charge on any atom is 0.241 e. The fourth-order valence-corrected chi connectivity index (χ4v) is 4.64. The number of aryl methyl sites for hydroxylation is 1.